The maximum Gasteiger partial charge on any atom is 0.203 e. The molecule has 146 valence electrons. The topological polar surface area (TPSA) is 48.3 Å². The van der Waals surface area contributed by atoms with Gasteiger partial charge in [0.2, 0.25) is 5.95 Å². The Morgan fingerprint density at radius 2 is 1.82 bits per heavy atom. The van der Waals surface area contributed by atoms with E-state index in [0.717, 1.165) is 41.7 Å². The molecule has 4 rings (SSSR count). The lowest BCUT2D eigenvalue weighted by atomic mass is 9.98. The van der Waals surface area contributed by atoms with Gasteiger partial charge < -0.3 is 19.4 Å². The predicted octanol–water partition coefficient (Wildman–Crippen LogP) is 4.91. The fraction of sp³-hybridized carbons (Fsp3) is 0.348. The first-order valence-electron chi connectivity index (χ1n) is 9.66. The summed E-state index contributed by atoms with van der Waals surface area (Å²) in [7, 11) is 3.34. The number of rotatable bonds is 5. The number of aryl methyl sites for hydroxylation is 3. The van der Waals surface area contributed by atoms with Crippen LogP contribution >= 0.6 is 0 Å². The summed E-state index contributed by atoms with van der Waals surface area (Å²) in [6, 6.07) is 10.9. The summed E-state index contributed by atoms with van der Waals surface area (Å²) in [4.78, 5) is 4.69. The molecule has 5 nitrogen and oxygen atoms in total. The van der Waals surface area contributed by atoms with Crippen LogP contribution in [0.25, 0.3) is 11.3 Å². The van der Waals surface area contributed by atoms with Crippen LogP contribution in [0.1, 0.15) is 35.2 Å². The second-order valence-corrected chi connectivity index (χ2v) is 7.46. The molecule has 1 atom stereocenters. The molecule has 5 heteroatoms. The maximum atomic E-state index is 5.50. The smallest absolute Gasteiger partial charge is 0.203 e. The van der Waals surface area contributed by atoms with Gasteiger partial charge in [-0.2, -0.15) is 0 Å². The molecule has 0 spiro atoms. The Labute approximate surface area is 166 Å². The van der Waals surface area contributed by atoms with E-state index < -0.39 is 0 Å². The fourth-order valence-electron chi connectivity index (χ4n) is 4.11. The van der Waals surface area contributed by atoms with Gasteiger partial charge in [0.05, 0.1) is 32.2 Å². The molecule has 1 N–H and O–H groups in total. The lowest BCUT2D eigenvalue weighted by Crippen LogP contribution is -2.17. The zero-order chi connectivity index (χ0) is 19.8. The fourth-order valence-corrected chi connectivity index (χ4v) is 4.11. The molecule has 0 aliphatic carbocycles. The van der Waals surface area contributed by atoms with Crippen LogP contribution in [0.15, 0.2) is 36.5 Å². The summed E-state index contributed by atoms with van der Waals surface area (Å²) in [5.74, 6) is 2.42. The van der Waals surface area contributed by atoms with Gasteiger partial charge in [-0.25, -0.2) is 4.98 Å². The molecule has 0 radical (unpaired) electrons. The van der Waals surface area contributed by atoms with Crippen molar-refractivity contribution in [3.8, 4) is 22.8 Å². The van der Waals surface area contributed by atoms with Crippen LogP contribution in [-0.4, -0.2) is 23.8 Å². The van der Waals surface area contributed by atoms with E-state index >= 15 is 0 Å². The minimum atomic E-state index is 0.180. The van der Waals surface area contributed by atoms with E-state index in [1.165, 1.54) is 22.3 Å². The number of nitrogens with one attached hydrogen (secondary N) is 1. The van der Waals surface area contributed by atoms with Crippen LogP contribution in [0.4, 0.5) is 5.95 Å². The number of imidazole rings is 1. The summed E-state index contributed by atoms with van der Waals surface area (Å²) in [5, 5.41) is 3.60. The van der Waals surface area contributed by atoms with Crippen LogP contribution in [0.2, 0.25) is 0 Å². The minimum absolute atomic E-state index is 0.180. The van der Waals surface area contributed by atoms with Crippen LogP contribution in [0, 0.1) is 13.8 Å². The number of hydrogen-bond donors (Lipinski definition) is 1. The molecule has 0 saturated carbocycles. The molecule has 1 unspecified atom stereocenters. The Hall–Kier alpha value is -2.95. The number of ether oxygens (including phenoxy) is 2. The highest BCUT2D eigenvalue weighted by Crippen LogP contribution is 2.39. The van der Waals surface area contributed by atoms with Crippen molar-refractivity contribution in [2.45, 2.75) is 39.8 Å². The summed E-state index contributed by atoms with van der Waals surface area (Å²) < 4.78 is 13.2. The monoisotopic (exact) mass is 377 g/mol. The van der Waals surface area contributed by atoms with Crippen LogP contribution in [0.5, 0.6) is 11.5 Å². The Morgan fingerprint density at radius 1 is 1.07 bits per heavy atom. The predicted molar refractivity (Wildman–Crippen MR) is 112 cm³/mol. The van der Waals surface area contributed by atoms with Crippen molar-refractivity contribution < 1.29 is 9.47 Å². The third kappa shape index (κ3) is 3.11. The van der Waals surface area contributed by atoms with E-state index in [2.05, 4.69) is 66.0 Å². The van der Waals surface area contributed by atoms with Crippen molar-refractivity contribution in [3.05, 3.63) is 58.8 Å². The second kappa shape index (κ2) is 7.23. The largest absolute Gasteiger partial charge is 0.493 e. The lowest BCUT2D eigenvalue weighted by molar-refractivity contribution is 0.354. The molecule has 0 bridgehead atoms. The normalized spacial score (nSPS) is 13.5. The van der Waals surface area contributed by atoms with E-state index in [4.69, 9.17) is 9.47 Å². The molecule has 1 aliphatic heterocycles. The van der Waals surface area contributed by atoms with E-state index in [1.54, 1.807) is 14.2 Å². The van der Waals surface area contributed by atoms with Gasteiger partial charge in [-0.15, -0.1) is 0 Å². The average molecular weight is 377 g/mol. The van der Waals surface area contributed by atoms with Gasteiger partial charge in [-0.05, 0) is 56.0 Å². The highest BCUT2D eigenvalue weighted by Gasteiger charge is 2.23. The quantitative estimate of drug-likeness (QED) is 0.686. The number of nitrogens with zero attached hydrogens (tertiary/aromatic N) is 2. The van der Waals surface area contributed by atoms with Gasteiger partial charge in [-0.3, -0.25) is 0 Å². The van der Waals surface area contributed by atoms with Crippen molar-refractivity contribution >= 4 is 5.95 Å². The standard InChI is InChI=1S/C23H27N3O2/c1-14-6-7-18(15(2)10-14)16(3)25-23-24-13-20-19-12-22(28-5)21(27-4)11-17(19)8-9-26(20)23/h6-7,10-13,16H,8-9H2,1-5H3,(H,24,25). The number of benzene rings is 2. The third-order valence-electron chi connectivity index (χ3n) is 5.58. The number of hydrogen-bond acceptors (Lipinski definition) is 4. The summed E-state index contributed by atoms with van der Waals surface area (Å²) in [6.45, 7) is 7.36. The molecule has 0 fully saturated rings. The van der Waals surface area contributed by atoms with E-state index in [0.29, 0.717) is 0 Å². The molecule has 1 aromatic heterocycles. The number of methoxy groups -OCH3 is 2. The van der Waals surface area contributed by atoms with Gasteiger partial charge in [0, 0.05) is 12.1 Å². The number of aromatic nitrogens is 2. The van der Waals surface area contributed by atoms with Crippen LogP contribution in [-0.2, 0) is 13.0 Å². The third-order valence-corrected chi connectivity index (χ3v) is 5.58. The Kier molecular flexibility index (Phi) is 4.75. The molecule has 2 aromatic carbocycles. The Bertz CT molecular complexity index is 1020. The lowest BCUT2D eigenvalue weighted by Gasteiger charge is -2.24. The molecular weight excluding hydrogens is 350 g/mol. The average Bonchev–Trinajstić information content (AvgIpc) is 3.09. The van der Waals surface area contributed by atoms with Crippen LogP contribution < -0.4 is 14.8 Å². The highest BCUT2D eigenvalue weighted by atomic mass is 16.5. The molecule has 3 aromatic rings. The zero-order valence-corrected chi connectivity index (χ0v) is 17.2. The molecule has 28 heavy (non-hydrogen) atoms. The van der Waals surface area contributed by atoms with Gasteiger partial charge in [0.25, 0.3) is 0 Å². The SMILES string of the molecule is COc1cc2c(cc1OC)-c1cnc(NC(C)c3ccc(C)cc3C)n1CC2. The minimum Gasteiger partial charge on any atom is -0.493 e. The molecule has 1 aliphatic rings. The number of anilines is 1. The molecular formula is C23H27N3O2. The Balaban J connectivity index is 1.66. The summed E-state index contributed by atoms with van der Waals surface area (Å²) >= 11 is 0. The maximum absolute atomic E-state index is 5.50. The van der Waals surface area contributed by atoms with E-state index in [1.807, 2.05) is 6.20 Å². The zero-order valence-electron chi connectivity index (χ0n) is 17.2. The first-order valence-corrected chi connectivity index (χ1v) is 9.66. The van der Waals surface area contributed by atoms with Gasteiger partial charge in [-0.1, -0.05) is 23.8 Å². The summed E-state index contributed by atoms with van der Waals surface area (Å²) in [5.41, 5.74) is 7.41. The van der Waals surface area contributed by atoms with Crippen molar-refractivity contribution in [2.75, 3.05) is 19.5 Å². The number of fused-ring (bicyclic) bond motifs is 3. The van der Waals surface area contributed by atoms with E-state index in [-0.39, 0.29) is 6.04 Å². The second-order valence-electron chi connectivity index (χ2n) is 7.46. The van der Waals surface area contributed by atoms with Gasteiger partial charge >= 0.3 is 0 Å². The highest BCUT2D eigenvalue weighted by molar-refractivity contribution is 5.71. The Morgan fingerprint density at radius 3 is 2.54 bits per heavy atom. The van der Waals surface area contributed by atoms with Crippen molar-refractivity contribution in [1.82, 2.24) is 9.55 Å². The van der Waals surface area contributed by atoms with Crippen molar-refractivity contribution in [2.24, 2.45) is 0 Å². The van der Waals surface area contributed by atoms with Gasteiger partial charge in [0.15, 0.2) is 11.5 Å². The van der Waals surface area contributed by atoms with Crippen molar-refractivity contribution in [1.29, 1.82) is 0 Å². The first kappa shape index (κ1) is 18.4. The first-order chi connectivity index (χ1) is 13.5. The van der Waals surface area contributed by atoms with Crippen molar-refractivity contribution in [3.63, 3.8) is 0 Å². The summed E-state index contributed by atoms with van der Waals surface area (Å²) in [6.07, 6.45) is 2.88. The molecule has 0 amide bonds. The molecule has 2 heterocycles. The van der Waals surface area contributed by atoms with E-state index in [9.17, 15) is 0 Å². The molecule has 0 saturated heterocycles. The van der Waals surface area contributed by atoms with Crippen LogP contribution in [0.3, 0.4) is 0 Å². The van der Waals surface area contributed by atoms with Gasteiger partial charge in [0.1, 0.15) is 0 Å².